The summed E-state index contributed by atoms with van der Waals surface area (Å²) in [6.45, 7) is 3.54. The van der Waals surface area contributed by atoms with Crippen LogP contribution in [0, 0.1) is 5.92 Å². The summed E-state index contributed by atoms with van der Waals surface area (Å²) in [6.07, 6.45) is 1.47. The summed E-state index contributed by atoms with van der Waals surface area (Å²) >= 11 is 0. The maximum atomic E-state index is 5.49. The Morgan fingerprint density at radius 1 is 1.57 bits per heavy atom. The molecule has 0 aromatic carbocycles. The number of nitrogens with one attached hydrogen (secondary N) is 1. The molecular formula is C9H16N4O. The minimum atomic E-state index is 0.427. The van der Waals surface area contributed by atoms with Gasteiger partial charge >= 0.3 is 0 Å². The number of hydrogen-bond donors (Lipinski definition) is 2. The minimum Gasteiger partial charge on any atom is -0.481 e. The van der Waals surface area contributed by atoms with Gasteiger partial charge in [0.25, 0.3) is 0 Å². The van der Waals surface area contributed by atoms with Crippen LogP contribution in [0.1, 0.15) is 6.92 Å². The number of nitrogens with zero attached hydrogens (tertiary/aromatic N) is 2. The molecule has 1 aromatic rings. The lowest BCUT2D eigenvalue weighted by Crippen LogP contribution is -2.20. The Morgan fingerprint density at radius 2 is 2.36 bits per heavy atom. The number of methoxy groups -OCH3 is 1. The maximum Gasteiger partial charge on any atom is 0.218 e. The summed E-state index contributed by atoms with van der Waals surface area (Å²) in [7, 11) is 1.58. The standard InChI is InChI=1S/C9H16N4O/c1-7(4-10)5-11-8-3-9(14-2)13-6-12-8/h3,6-7H,4-5,10H2,1-2H3,(H,11,12,13). The SMILES string of the molecule is COc1cc(NCC(C)CN)ncn1. The molecule has 78 valence electrons. The average molecular weight is 196 g/mol. The molecule has 0 radical (unpaired) electrons. The Kier molecular flexibility index (Phi) is 4.12. The first-order valence-corrected chi connectivity index (χ1v) is 4.56. The van der Waals surface area contributed by atoms with Crippen LogP contribution in [0.25, 0.3) is 0 Å². The fraction of sp³-hybridized carbons (Fsp3) is 0.556. The lowest BCUT2D eigenvalue weighted by atomic mass is 10.2. The first-order valence-electron chi connectivity index (χ1n) is 4.56. The first kappa shape index (κ1) is 10.7. The smallest absolute Gasteiger partial charge is 0.218 e. The minimum absolute atomic E-state index is 0.427. The van der Waals surface area contributed by atoms with Crippen LogP contribution in [0.2, 0.25) is 0 Å². The van der Waals surface area contributed by atoms with Gasteiger partial charge in [-0.05, 0) is 12.5 Å². The zero-order valence-corrected chi connectivity index (χ0v) is 8.53. The summed E-state index contributed by atoms with van der Waals surface area (Å²) in [4.78, 5) is 7.96. The number of hydrogen-bond acceptors (Lipinski definition) is 5. The predicted molar refractivity (Wildman–Crippen MR) is 55.3 cm³/mol. The van der Waals surface area contributed by atoms with Gasteiger partial charge in [0.2, 0.25) is 5.88 Å². The van der Waals surface area contributed by atoms with E-state index < -0.39 is 0 Å². The summed E-state index contributed by atoms with van der Waals surface area (Å²) < 4.78 is 4.97. The molecule has 5 heteroatoms. The van der Waals surface area contributed by atoms with Crippen LogP contribution in [0.4, 0.5) is 5.82 Å². The molecule has 1 aromatic heterocycles. The molecule has 0 saturated heterocycles. The van der Waals surface area contributed by atoms with Crippen LogP contribution in [0.15, 0.2) is 12.4 Å². The highest BCUT2D eigenvalue weighted by Gasteiger charge is 2.01. The van der Waals surface area contributed by atoms with Gasteiger partial charge in [0.05, 0.1) is 7.11 Å². The van der Waals surface area contributed by atoms with Gasteiger partial charge in [-0.25, -0.2) is 9.97 Å². The van der Waals surface area contributed by atoms with E-state index in [1.165, 1.54) is 6.33 Å². The largest absolute Gasteiger partial charge is 0.481 e. The average Bonchev–Trinajstić information content (AvgIpc) is 2.26. The lowest BCUT2D eigenvalue weighted by molar-refractivity contribution is 0.397. The summed E-state index contributed by atoms with van der Waals surface area (Å²) in [6, 6.07) is 1.75. The maximum absolute atomic E-state index is 5.49. The van der Waals surface area contributed by atoms with Gasteiger partial charge in [-0.1, -0.05) is 6.92 Å². The first-order chi connectivity index (χ1) is 6.76. The van der Waals surface area contributed by atoms with Gasteiger partial charge in [-0.2, -0.15) is 0 Å². The number of ether oxygens (including phenoxy) is 1. The van der Waals surface area contributed by atoms with E-state index in [9.17, 15) is 0 Å². The van der Waals surface area contributed by atoms with Gasteiger partial charge in [-0.15, -0.1) is 0 Å². The summed E-state index contributed by atoms with van der Waals surface area (Å²) in [5.41, 5.74) is 5.49. The Morgan fingerprint density at radius 3 is 3.00 bits per heavy atom. The molecule has 5 nitrogen and oxygen atoms in total. The van der Waals surface area contributed by atoms with Crippen molar-refractivity contribution in [3.05, 3.63) is 12.4 Å². The van der Waals surface area contributed by atoms with Crippen LogP contribution < -0.4 is 15.8 Å². The monoisotopic (exact) mass is 196 g/mol. The van der Waals surface area contributed by atoms with Crippen LogP contribution in [0.5, 0.6) is 5.88 Å². The predicted octanol–water partition coefficient (Wildman–Crippen LogP) is 0.492. The van der Waals surface area contributed by atoms with E-state index in [4.69, 9.17) is 10.5 Å². The molecule has 0 fully saturated rings. The molecule has 0 amide bonds. The van der Waals surface area contributed by atoms with Crippen LogP contribution >= 0.6 is 0 Å². The summed E-state index contributed by atoms with van der Waals surface area (Å²) in [5, 5.41) is 3.16. The van der Waals surface area contributed by atoms with Gasteiger partial charge in [-0.3, -0.25) is 0 Å². The normalized spacial score (nSPS) is 12.2. The van der Waals surface area contributed by atoms with Crippen LogP contribution in [0.3, 0.4) is 0 Å². The molecule has 1 atom stereocenters. The second kappa shape index (κ2) is 5.39. The van der Waals surface area contributed by atoms with E-state index in [1.54, 1.807) is 13.2 Å². The molecule has 0 bridgehead atoms. The Hall–Kier alpha value is -1.36. The van der Waals surface area contributed by atoms with Gasteiger partial charge < -0.3 is 15.8 Å². The van der Waals surface area contributed by atoms with Gasteiger partial charge in [0.15, 0.2) is 0 Å². The van der Waals surface area contributed by atoms with E-state index >= 15 is 0 Å². The zero-order chi connectivity index (χ0) is 10.4. The second-order valence-corrected chi connectivity index (χ2v) is 3.17. The number of rotatable bonds is 5. The second-order valence-electron chi connectivity index (χ2n) is 3.17. The van der Waals surface area contributed by atoms with Crippen molar-refractivity contribution in [2.45, 2.75) is 6.92 Å². The third kappa shape index (κ3) is 3.18. The van der Waals surface area contributed by atoms with E-state index in [2.05, 4.69) is 22.2 Å². The Balaban J connectivity index is 2.50. The van der Waals surface area contributed by atoms with Crippen molar-refractivity contribution in [3.8, 4) is 5.88 Å². The molecular weight excluding hydrogens is 180 g/mol. The number of anilines is 1. The van der Waals surface area contributed by atoms with Crippen molar-refractivity contribution in [2.24, 2.45) is 11.7 Å². The van der Waals surface area contributed by atoms with Crippen molar-refractivity contribution in [2.75, 3.05) is 25.5 Å². The molecule has 3 N–H and O–H groups in total. The van der Waals surface area contributed by atoms with Crippen molar-refractivity contribution in [3.63, 3.8) is 0 Å². The molecule has 0 aliphatic rings. The van der Waals surface area contributed by atoms with Crippen molar-refractivity contribution in [1.82, 2.24) is 9.97 Å². The third-order valence-electron chi connectivity index (χ3n) is 1.89. The molecule has 0 spiro atoms. The molecule has 0 saturated carbocycles. The van der Waals surface area contributed by atoms with E-state index in [0.717, 1.165) is 12.4 Å². The molecule has 1 unspecified atom stereocenters. The Bertz CT molecular complexity index is 279. The van der Waals surface area contributed by atoms with Gasteiger partial charge in [0.1, 0.15) is 12.1 Å². The van der Waals surface area contributed by atoms with E-state index in [1.807, 2.05) is 0 Å². The number of aromatic nitrogens is 2. The fourth-order valence-corrected chi connectivity index (χ4v) is 0.910. The van der Waals surface area contributed by atoms with Gasteiger partial charge in [0, 0.05) is 12.6 Å². The topological polar surface area (TPSA) is 73.1 Å². The van der Waals surface area contributed by atoms with E-state index in [-0.39, 0.29) is 0 Å². The van der Waals surface area contributed by atoms with Crippen LogP contribution in [-0.4, -0.2) is 30.2 Å². The zero-order valence-electron chi connectivity index (χ0n) is 8.53. The lowest BCUT2D eigenvalue weighted by Gasteiger charge is -2.10. The number of nitrogens with two attached hydrogens (primary N) is 1. The highest BCUT2D eigenvalue weighted by molar-refractivity contribution is 5.36. The fourth-order valence-electron chi connectivity index (χ4n) is 0.910. The van der Waals surface area contributed by atoms with E-state index in [0.29, 0.717) is 18.3 Å². The quantitative estimate of drug-likeness (QED) is 0.717. The van der Waals surface area contributed by atoms with Crippen LogP contribution in [-0.2, 0) is 0 Å². The van der Waals surface area contributed by atoms with Crippen molar-refractivity contribution < 1.29 is 4.74 Å². The molecule has 14 heavy (non-hydrogen) atoms. The summed E-state index contributed by atoms with van der Waals surface area (Å²) in [5.74, 6) is 1.75. The molecule has 0 aliphatic heterocycles. The molecule has 0 aliphatic carbocycles. The molecule has 1 heterocycles. The van der Waals surface area contributed by atoms with Crippen molar-refractivity contribution in [1.29, 1.82) is 0 Å². The molecule has 1 rings (SSSR count). The third-order valence-corrected chi connectivity index (χ3v) is 1.89. The highest BCUT2D eigenvalue weighted by Crippen LogP contribution is 2.10. The Labute approximate surface area is 83.7 Å². The van der Waals surface area contributed by atoms with Crippen molar-refractivity contribution >= 4 is 5.82 Å². The highest BCUT2D eigenvalue weighted by atomic mass is 16.5.